The first-order chi connectivity index (χ1) is 16.3. The van der Waals surface area contributed by atoms with Gasteiger partial charge in [0.1, 0.15) is 5.82 Å². The third kappa shape index (κ3) is 5.52. The second-order valence-corrected chi connectivity index (χ2v) is 9.73. The van der Waals surface area contributed by atoms with Gasteiger partial charge in [-0.15, -0.1) is 0 Å². The van der Waals surface area contributed by atoms with Crippen LogP contribution in [0.15, 0.2) is 54.9 Å². The zero-order valence-electron chi connectivity index (χ0n) is 18.2. The van der Waals surface area contributed by atoms with Gasteiger partial charge in [0.2, 0.25) is 0 Å². The summed E-state index contributed by atoms with van der Waals surface area (Å²) in [6.07, 6.45) is 6.56. The number of rotatable bonds is 8. The zero-order valence-corrected chi connectivity index (χ0v) is 20.4. The summed E-state index contributed by atoms with van der Waals surface area (Å²) in [6.45, 7) is 0.189. The van der Waals surface area contributed by atoms with E-state index >= 15 is 0 Å². The van der Waals surface area contributed by atoms with E-state index in [1.807, 2.05) is 34.7 Å². The summed E-state index contributed by atoms with van der Waals surface area (Å²) in [5.74, 6) is -3.64. The van der Waals surface area contributed by atoms with Crippen molar-refractivity contribution in [3.8, 4) is 0 Å². The molecule has 0 spiro atoms. The first kappa shape index (κ1) is 24.5. The molecule has 1 saturated heterocycles. The molecule has 1 fully saturated rings. The molecule has 1 aromatic heterocycles. The molecule has 1 aliphatic heterocycles. The molecular formula is C25H23F3IN3O2. The number of hydrogen-bond acceptors (Lipinski definition) is 4. The highest BCUT2D eigenvalue weighted by Gasteiger charge is 2.43. The largest absolute Gasteiger partial charge is 0.386 e. The number of aryl methyl sites for hydroxylation is 1. The smallest absolute Gasteiger partial charge is 0.256 e. The fourth-order valence-corrected chi connectivity index (χ4v) is 4.50. The monoisotopic (exact) mass is 581 g/mol. The molecule has 0 unspecified atom stereocenters. The number of aromatic nitrogens is 1. The van der Waals surface area contributed by atoms with Crippen molar-refractivity contribution in [3.05, 3.63) is 87.0 Å². The molecule has 2 aromatic carbocycles. The number of anilines is 2. The number of halogens is 4. The average molecular weight is 581 g/mol. The predicted octanol–water partition coefficient (Wildman–Crippen LogP) is 5.45. The van der Waals surface area contributed by atoms with Crippen LogP contribution in [-0.4, -0.2) is 39.6 Å². The van der Waals surface area contributed by atoms with E-state index in [1.54, 1.807) is 18.5 Å². The summed E-state index contributed by atoms with van der Waals surface area (Å²) in [5, 5.41) is 13.3. The van der Waals surface area contributed by atoms with E-state index in [0.29, 0.717) is 9.99 Å². The Morgan fingerprint density at radius 3 is 2.50 bits per heavy atom. The minimum Gasteiger partial charge on any atom is -0.386 e. The Hall–Kier alpha value is -2.66. The second kappa shape index (κ2) is 10.3. The quantitative estimate of drug-likeness (QED) is 0.275. The van der Waals surface area contributed by atoms with Crippen molar-refractivity contribution in [2.75, 3.05) is 18.4 Å². The van der Waals surface area contributed by atoms with Gasteiger partial charge in [-0.25, -0.2) is 13.2 Å². The van der Waals surface area contributed by atoms with Gasteiger partial charge in [-0.05, 0) is 89.9 Å². The van der Waals surface area contributed by atoms with Crippen LogP contribution in [-0.2, 0) is 6.42 Å². The van der Waals surface area contributed by atoms with Crippen LogP contribution in [0.3, 0.4) is 0 Å². The molecule has 2 N–H and O–H groups in total. The van der Waals surface area contributed by atoms with Crippen LogP contribution < -0.4 is 5.32 Å². The first-order valence-corrected chi connectivity index (χ1v) is 11.9. The van der Waals surface area contributed by atoms with Gasteiger partial charge in [-0.3, -0.25) is 9.78 Å². The van der Waals surface area contributed by atoms with Gasteiger partial charge < -0.3 is 15.3 Å². The Morgan fingerprint density at radius 2 is 1.79 bits per heavy atom. The Kier molecular flexibility index (Phi) is 7.42. The third-order valence-corrected chi connectivity index (χ3v) is 6.55. The molecule has 0 atom stereocenters. The van der Waals surface area contributed by atoms with E-state index in [4.69, 9.17) is 0 Å². The predicted molar refractivity (Wildman–Crippen MR) is 131 cm³/mol. The fourth-order valence-electron chi connectivity index (χ4n) is 4.05. The van der Waals surface area contributed by atoms with Crippen LogP contribution in [0.2, 0.25) is 0 Å². The Morgan fingerprint density at radius 1 is 1.06 bits per heavy atom. The lowest BCUT2D eigenvalue weighted by Crippen LogP contribution is -2.63. The Labute approximate surface area is 209 Å². The van der Waals surface area contributed by atoms with Gasteiger partial charge >= 0.3 is 0 Å². The minimum absolute atomic E-state index is 0.0757. The normalized spacial score (nSPS) is 14.6. The van der Waals surface area contributed by atoms with E-state index < -0.39 is 34.6 Å². The van der Waals surface area contributed by atoms with E-state index in [2.05, 4.69) is 10.3 Å². The Balaban J connectivity index is 1.40. The standard InChI is InChI=1S/C25H23F3IN3O2/c26-19-6-5-18(23(22(19)28)31-21-7-4-17(29)13-20(21)27)24(33)32-14-25(34,15-32)10-2-1-3-16-8-11-30-12-9-16/h4-9,11-13,31,34H,1-3,10,14-15H2. The molecule has 0 saturated carbocycles. The highest BCUT2D eigenvalue weighted by Crippen LogP contribution is 2.33. The number of benzene rings is 2. The summed E-state index contributed by atoms with van der Waals surface area (Å²) >= 11 is 1.93. The minimum atomic E-state index is -1.27. The lowest BCUT2D eigenvalue weighted by Gasteiger charge is -2.46. The van der Waals surface area contributed by atoms with Crippen molar-refractivity contribution < 1.29 is 23.1 Å². The molecule has 9 heteroatoms. The topological polar surface area (TPSA) is 65.5 Å². The van der Waals surface area contributed by atoms with Gasteiger partial charge in [0.15, 0.2) is 11.6 Å². The van der Waals surface area contributed by atoms with Crippen molar-refractivity contribution >= 4 is 39.9 Å². The highest BCUT2D eigenvalue weighted by molar-refractivity contribution is 14.1. The first-order valence-electron chi connectivity index (χ1n) is 10.9. The fraction of sp³-hybridized carbons (Fsp3) is 0.280. The van der Waals surface area contributed by atoms with Crippen LogP contribution >= 0.6 is 22.6 Å². The SMILES string of the molecule is O=C(c1ccc(F)c(F)c1Nc1ccc(I)cc1F)N1CC(O)(CCCCc2ccncc2)C1. The number of likely N-dealkylation sites (tertiary alicyclic amines) is 1. The molecule has 3 aromatic rings. The van der Waals surface area contributed by atoms with Crippen LogP contribution in [0.5, 0.6) is 0 Å². The number of amides is 1. The number of nitrogens with zero attached hydrogens (tertiary/aromatic N) is 2. The maximum Gasteiger partial charge on any atom is 0.256 e. The van der Waals surface area contributed by atoms with Crippen LogP contribution in [0.25, 0.3) is 0 Å². The lowest BCUT2D eigenvalue weighted by atomic mass is 9.87. The van der Waals surface area contributed by atoms with E-state index in [-0.39, 0.29) is 24.3 Å². The van der Waals surface area contributed by atoms with Crippen LogP contribution in [0, 0.1) is 21.0 Å². The molecule has 5 nitrogen and oxygen atoms in total. The number of carbonyl (C=O) groups excluding carboxylic acids is 1. The maximum absolute atomic E-state index is 14.6. The molecule has 2 heterocycles. The molecular weight excluding hydrogens is 558 g/mol. The van der Waals surface area contributed by atoms with Crippen molar-refractivity contribution in [2.24, 2.45) is 0 Å². The van der Waals surface area contributed by atoms with Gasteiger partial charge in [0, 0.05) is 16.0 Å². The number of nitrogens with one attached hydrogen (secondary N) is 1. The average Bonchev–Trinajstić information content (AvgIpc) is 2.80. The number of unbranched alkanes of at least 4 members (excludes halogenated alkanes) is 1. The number of hydrogen-bond donors (Lipinski definition) is 2. The molecule has 34 heavy (non-hydrogen) atoms. The molecule has 0 aliphatic carbocycles. The van der Waals surface area contributed by atoms with Crippen molar-refractivity contribution in [2.45, 2.75) is 31.3 Å². The molecule has 178 valence electrons. The summed E-state index contributed by atoms with van der Waals surface area (Å²) in [6, 6.07) is 10.2. The number of β-amino-alcohol motifs (C(OH)–C–C–N with tert-alkyl or cyclic N) is 1. The van der Waals surface area contributed by atoms with E-state index in [1.165, 1.54) is 28.7 Å². The number of carbonyl (C=O) groups is 1. The molecule has 0 radical (unpaired) electrons. The number of aliphatic hydroxyl groups is 1. The van der Waals surface area contributed by atoms with Crippen LogP contribution in [0.4, 0.5) is 24.5 Å². The van der Waals surface area contributed by atoms with Crippen molar-refractivity contribution in [1.82, 2.24) is 9.88 Å². The van der Waals surface area contributed by atoms with E-state index in [9.17, 15) is 23.1 Å². The van der Waals surface area contributed by atoms with E-state index in [0.717, 1.165) is 25.3 Å². The van der Waals surface area contributed by atoms with Gasteiger partial charge in [0.25, 0.3) is 5.91 Å². The summed E-state index contributed by atoms with van der Waals surface area (Å²) in [5.41, 5.74) is -0.472. The second-order valence-electron chi connectivity index (χ2n) is 8.48. The molecule has 4 rings (SSSR count). The van der Waals surface area contributed by atoms with Gasteiger partial charge in [0.05, 0.1) is 35.6 Å². The van der Waals surface area contributed by atoms with Crippen molar-refractivity contribution in [3.63, 3.8) is 0 Å². The highest BCUT2D eigenvalue weighted by atomic mass is 127. The van der Waals surface area contributed by atoms with Crippen LogP contribution in [0.1, 0.15) is 35.2 Å². The Bertz CT molecular complexity index is 1190. The maximum atomic E-state index is 14.6. The van der Waals surface area contributed by atoms with Gasteiger partial charge in [-0.2, -0.15) is 0 Å². The molecule has 0 bridgehead atoms. The van der Waals surface area contributed by atoms with Gasteiger partial charge in [-0.1, -0.05) is 6.42 Å². The third-order valence-electron chi connectivity index (χ3n) is 5.88. The lowest BCUT2D eigenvalue weighted by molar-refractivity contribution is -0.0868. The number of pyridine rings is 1. The molecule has 1 aliphatic rings. The molecule has 1 amide bonds. The summed E-state index contributed by atoms with van der Waals surface area (Å²) in [7, 11) is 0. The zero-order chi connectivity index (χ0) is 24.3. The van der Waals surface area contributed by atoms with Crippen molar-refractivity contribution in [1.29, 1.82) is 0 Å². The summed E-state index contributed by atoms with van der Waals surface area (Å²) in [4.78, 5) is 18.4. The summed E-state index contributed by atoms with van der Waals surface area (Å²) < 4.78 is 43.5.